The van der Waals surface area contributed by atoms with Gasteiger partial charge in [-0.25, -0.2) is 13.2 Å². The van der Waals surface area contributed by atoms with Crippen LogP contribution in [0.5, 0.6) is 5.75 Å². The summed E-state index contributed by atoms with van der Waals surface area (Å²) in [6.45, 7) is 1.05. The van der Waals surface area contributed by atoms with Crippen LogP contribution in [-0.2, 0) is 19.6 Å². The molecule has 0 radical (unpaired) electrons. The van der Waals surface area contributed by atoms with E-state index >= 15 is 0 Å². The predicted molar refractivity (Wildman–Crippen MR) is 102 cm³/mol. The Labute approximate surface area is 162 Å². The maximum absolute atomic E-state index is 12.3. The van der Waals surface area contributed by atoms with Gasteiger partial charge >= 0.3 is 5.97 Å². The number of anilines is 1. The third-order valence-electron chi connectivity index (χ3n) is 3.33. The van der Waals surface area contributed by atoms with Crippen LogP contribution in [0.1, 0.15) is 17.3 Å². The maximum atomic E-state index is 12.3. The Morgan fingerprint density at radius 1 is 1.11 bits per heavy atom. The fraction of sp³-hybridized carbons (Fsp3) is 0.222. The van der Waals surface area contributed by atoms with E-state index in [9.17, 15) is 18.0 Å². The van der Waals surface area contributed by atoms with E-state index in [1.165, 1.54) is 31.2 Å². The fourth-order valence-corrected chi connectivity index (χ4v) is 2.89. The molecule has 0 aliphatic heterocycles. The molecule has 7 nitrogen and oxygen atoms in total. The number of sulfonamides is 1. The van der Waals surface area contributed by atoms with E-state index in [1.54, 1.807) is 24.3 Å². The second-order valence-electron chi connectivity index (χ2n) is 5.67. The zero-order valence-corrected chi connectivity index (χ0v) is 16.2. The quantitative estimate of drug-likeness (QED) is 0.529. The van der Waals surface area contributed by atoms with Crippen molar-refractivity contribution in [2.75, 3.05) is 17.6 Å². The number of nitrogens with one attached hydrogen (secondary N) is 1. The summed E-state index contributed by atoms with van der Waals surface area (Å²) in [5, 5.41) is 0.359. The van der Waals surface area contributed by atoms with Crippen LogP contribution in [0.4, 0.5) is 5.69 Å². The number of carbonyl (C=O) groups excluding carboxylic acids is 2. The van der Waals surface area contributed by atoms with Gasteiger partial charge in [-0.3, -0.25) is 9.52 Å². The van der Waals surface area contributed by atoms with E-state index in [1.807, 2.05) is 0 Å². The minimum absolute atomic E-state index is 0.279. The van der Waals surface area contributed by atoms with Crippen molar-refractivity contribution in [2.24, 2.45) is 0 Å². The molecule has 27 heavy (non-hydrogen) atoms. The number of benzene rings is 2. The molecule has 0 aliphatic rings. The number of carbonyl (C=O) groups is 2. The number of ether oxygens (including phenoxy) is 2. The minimum atomic E-state index is -3.40. The molecule has 9 heteroatoms. The van der Waals surface area contributed by atoms with Gasteiger partial charge in [-0.1, -0.05) is 23.7 Å². The van der Waals surface area contributed by atoms with Crippen molar-refractivity contribution in [3.63, 3.8) is 0 Å². The zero-order valence-electron chi connectivity index (χ0n) is 14.6. The van der Waals surface area contributed by atoms with Crippen LogP contribution < -0.4 is 9.46 Å². The van der Waals surface area contributed by atoms with Gasteiger partial charge in [-0.05, 0) is 43.3 Å². The summed E-state index contributed by atoms with van der Waals surface area (Å²) in [6.07, 6.45) is -0.000716. The number of Topliss-reactive ketones (excluding diaryl/α,β-unsaturated/α-hetero) is 1. The molecule has 0 aliphatic carbocycles. The molecule has 1 N–H and O–H groups in total. The molecular weight excluding hydrogens is 394 g/mol. The lowest BCUT2D eigenvalue weighted by atomic mass is 10.1. The van der Waals surface area contributed by atoms with Gasteiger partial charge in [0.2, 0.25) is 15.8 Å². The molecule has 1 unspecified atom stereocenters. The van der Waals surface area contributed by atoms with Gasteiger partial charge < -0.3 is 9.47 Å². The number of hydrogen-bond donors (Lipinski definition) is 1. The van der Waals surface area contributed by atoms with Crippen molar-refractivity contribution in [2.45, 2.75) is 13.0 Å². The summed E-state index contributed by atoms with van der Waals surface area (Å²) < 4.78 is 35.0. The number of hydrogen-bond acceptors (Lipinski definition) is 6. The van der Waals surface area contributed by atoms with Crippen LogP contribution in [0.15, 0.2) is 48.5 Å². The van der Waals surface area contributed by atoms with Crippen LogP contribution >= 0.6 is 11.6 Å². The summed E-state index contributed by atoms with van der Waals surface area (Å²) in [5.74, 6) is -0.804. The second-order valence-corrected chi connectivity index (χ2v) is 7.82. The van der Waals surface area contributed by atoms with Crippen LogP contribution in [0.3, 0.4) is 0 Å². The number of halogens is 1. The van der Waals surface area contributed by atoms with E-state index in [2.05, 4.69) is 4.72 Å². The number of ketones is 1. The molecule has 0 spiro atoms. The average molecular weight is 412 g/mol. The summed E-state index contributed by atoms with van der Waals surface area (Å²) in [5.41, 5.74) is 0.605. The van der Waals surface area contributed by atoms with Crippen molar-refractivity contribution in [3.05, 3.63) is 59.1 Å². The highest BCUT2D eigenvalue weighted by Gasteiger charge is 2.20. The molecule has 0 saturated carbocycles. The topological polar surface area (TPSA) is 98.8 Å². The highest BCUT2D eigenvalue weighted by Crippen LogP contribution is 2.23. The second kappa shape index (κ2) is 8.88. The molecule has 1 atom stereocenters. The third kappa shape index (κ3) is 6.58. The van der Waals surface area contributed by atoms with Crippen molar-refractivity contribution in [1.29, 1.82) is 0 Å². The van der Waals surface area contributed by atoms with Crippen LogP contribution in [0.25, 0.3) is 0 Å². The molecule has 0 heterocycles. The lowest BCUT2D eigenvalue weighted by Gasteiger charge is -2.13. The van der Waals surface area contributed by atoms with E-state index in [-0.39, 0.29) is 5.56 Å². The lowest BCUT2D eigenvalue weighted by molar-refractivity contribution is -0.148. The number of esters is 1. The molecule has 0 amide bonds. The van der Waals surface area contributed by atoms with Crippen molar-refractivity contribution < 1.29 is 27.5 Å². The number of para-hydroxylation sites is 1. The standard InChI is InChI=1S/C18H18ClNO6S/c1-12(26-17(21)11-25-16-6-4-3-5-15(16)19)18(22)13-7-9-14(10-8-13)20-27(2,23)24/h3-10,12,20H,11H2,1-2H3. The Hall–Kier alpha value is -2.58. The molecule has 0 saturated heterocycles. The van der Waals surface area contributed by atoms with E-state index in [0.29, 0.717) is 16.5 Å². The Morgan fingerprint density at radius 2 is 1.74 bits per heavy atom. The lowest BCUT2D eigenvalue weighted by Crippen LogP contribution is -2.27. The van der Waals surface area contributed by atoms with Gasteiger partial charge in [0.25, 0.3) is 0 Å². The Bertz CT molecular complexity index is 927. The molecule has 0 bridgehead atoms. The molecule has 2 aromatic rings. The summed E-state index contributed by atoms with van der Waals surface area (Å²) in [4.78, 5) is 24.2. The van der Waals surface area contributed by atoms with Gasteiger partial charge in [-0.2, -0.15) is 0 Å². The Balaban J connectivity index is 1.91. The normalized spacial score (nSPS) is 12.1. The first-order chi connectivity index (χ1) is 12.7. The van der Waals surface area contributed by atoms with Gasteiger partial charge in [0.05, 0.1) is 11.3 Å². The van der Waals surface area contributed by atoms with Crippen LogP contribution in [0, 0.1) is 0 Å². The molecule has 2 rings (SSSR count). The van der Waals surface area contributed by atoms with Gasteiger partial charge in [0, 0.05) is 11.3 Å². The predicted octanol–water partition coefficient (Wildman–Crippen LogP) is 2.90. The van der Waals surface area contributed by atoms with E-state index in [0.717, 1.165) is 6.26 Å². The Morgan fingerprint density at radius 3 is 2.33 bits per heavy atom. The number of rotatable bonds is 8. The smallest absolute Gasteiger partial charge is 0.344 e. The van der Waals surface area contributed by atoms with Crippen LogP contribution in [-0.4, -0.2) is 39.1 Å². The monoisotopic (exact) mass is 411 g/mol. The fourth-order valence-electron chi connectivity index (χ4n) is 2.13. The molecule has 0 aromatic heterocycles. The molecule has 144 valence electrons. The Kier molecular flexibility index (Phi) is 6.81. The van der Waals surface area contributed by atoms with Crippen molar-refractivity contribution in [1.82, 2.24) is 0 Å². The first-order valence-corrected chi connectivity index (χ1v) is 10.1. The minimum Gasteiger partial charge on any atom is -0.480 e. The molecular formula is C18H18ClNO6S. The van der Waals surface area contributed by atoms with Crippen molar-refractivity contribution in [3.8, 4) is 5.75 Å². The van der Waals surface area contributed by atoms with E-state index < -0.39 is 34.5 Å². The van der Waals surface area contributed by atoms with Gasteiger partial charge in [0.1, 0.15) is 5.75 Å². The van der Waals surface area contributed by atoms with Crippen LogP contribution in [0.2, 0.25) is 5.02 Å². The maximum Gasteiger partial charge on any atom is 0.344 e. The summed E-state index contributed by atoms with van der Waals surface area (Å²) in [7, 11) is -3.40. The first kappa shape index (κ1) is 20.7. The first-order valence-electron chi connectivity index (χ1n) is 7.84. The zero-order chi connectivity index (χ0) is 20.0. The largest absolute Gasteiger partial charge is 0.480 e. The summed E-state index contributed by atoms with van der Waals surface area (Å²) >= 11 is 5.92. The van der Waals surface area contributed by atoms with E-state index in [4.69, 9.17) is 21.1 Å². The molecule has 0 fully saturated rings. The molecule has 2 aromatic carbocycles. The summed E-state index contributed by atoms with van der Waals surface area (Å²) in [6, 6.07) is 12.5. The van der Waals surface area contributed by atoms with Gasteiger partial charge in [0.15, 0.2) is 12.7 Å². The highest BCUT2D eigenvalue weighted by molar-refractivity contribution is 7.92. The third-order valence-corrected chi connectivity index (χ3v) is 4.25. The SMILES string of the molecule is CC(OC(=O)COc1ccccc1Cl)C(=O)c1ccc(NS(C)(=O)=O)cc1. The average Bonchev–Trinajstić information content (AvgIpc) is 2.59. The highest BCUT2D eigenvalue weighted by atomic mass is 35.5. The van der Waals surface area contributed by atoms with Gasteiger partial charge in [-0.15, -0.1) is 0 Å². The van der Waals surface area contributed by atoms with Crippen molar-refractivity contribution >= 4 is 39.1 Å².